The molecular formula is C20H19BBrF2NO2. The van der Waals surface area contributed by atoms with E-state index in [0.717, 1.165) is 42.2 Å². The number of anilines is 1. The van der Waals surface area contributed by atoms with E-state index in [-0.39, 0.29) is 5.76 Å². The van der Waals surface area contributed by atoms with Crippen molar-refractivity contribution in [3.8, 4) is 0 Å². The SMILES string of the molecule is O=C(/C=C(\OB(F)F)c1ccc(N2CCCCC2)cc1)c1ccc(Br)cc1. The zero-order chi connectivity index (χ0) is 19.2. The van der Waals surface area contributed by atoms with Gasteiger partial charge in [-0.15, -0.1) is 0 Å². The molecule has 27 heavy (non-hydrogen) atoms. The standard InChI is InChI=1S/C20H19BBrF2NO2/c22-17-8-4-15(5-9-17)19(26)14-20(27-21(23)24)16-6-10-18(11-7-16)25-12-2-1-3-13-25/h4-11,14H,1-3,12-13H2/b20-14-. The van der Waals surface area contributed by atoms with E-state index in [1.165, 1.54) is 6.42 Å². The average Bonchev–Trinajstić information content (AvgIpc) is 2.68. The maximum absolute atomic E-state index is 12.9. The number of benzene rings is 2. The van der Waals surface area contributed by atoms with E-state index in [4.69, 9.17) is 0 Å². The zero-order valence-electron chi connectivity index (χ0n) is 14.7. The molecule has 1 fully saturated rings. The number of hydrogen-bond acceptors (Lipinski definition) is 3. The van der Waals surface area contributed by atoms with Crippen LogP contribution >= 0.6 is 15.9 Å². The molecular weight excluding hydrogens is 415 g/mol. The van der Waals surface area contributed by atoms with Gasteiger partial charge in [0, 0.05) is 40.5 Å². The minimum atomic E-state index is -3.00. The second kappa shape index (κ2) is 9.17. The van der Waals surface area contributed by atoms with Gasteiger partial charge in [-0.1, -0.05) is 15.9 Å². The van der Waals surface area contributed by atoms with Crippen LogP contribution in [0.1, 0.15) is 35.2 Å². The monoisotopic (exact) mass is 433 g/mol. The normalized spacial score (nSPS) is 14.8. The van der Waals surface area contributed by atoms with Gasteiger partial charge in [-0.25, -0.2) is 8.63 Å². The van der Waals surface area contributed by atoms with Gasteiger partial charge in [0.05, 0.1) is 0 Å². The van der Waals surface area contributed by atoms with Gasteiger partial charge in [-0.2, -0.15) is 0 Å². The molecule has 0 spiro atoms. The van der Waals surface area contributed by atoms with Crippen LogP contribution in [0.15, 0.2) is 59.1 Å². The Bertz CT molecular complexity index is 804. The highest BCUT2D eigenvalue weighted by Crippen LogP contribution is 2.25. The molecule has 0 amide bonds. The van der Waals surface area contributed by atoms with Crippen LogP contribution in [0.5, 0.6) is 0 Å². The molecule has 0 aromatic heterocycles. The van der Waals surface area contributed by atoms with E-state index in [1.54, 1.807) is 36.4 Å². The second-order valence-corrected chi connectivity index (χ2v) is 7.27. The third kappa shape index (κ3) is 5.42. The fourth-order valence-corrected chi connectivity index (χ4v) is 3.35. The highest BCUT2D eigenvalue weighted by atomic mass is 79.9. The number of halogens is 3. The molecule has 1 saturated heterocycles. The topological polar surface area (TPSA) is 29.5 Å². The van der Waals surface area contributed by atoms with Crippen molar-refractivity contribution in [1.29, 1.82) is 0 Å². The van der Waals surface area contributed by atoms with Crippen LogP contribution in [0.2, 0.25) is 0 Å². The number of carbonyl (C=O) groups is 1. The number of allylic oxidation sites excluding steroid dienone is 1. The first-order valence-electron chi connectivity index (χ1n) is 8.85. The van der Waals surface area contributed by atoms with Crippen LogP contribution in [-0.2, 0) is 4.65 Å². The van der Waals surface area contributed by atoms with E-state index < -0.39 is 13.3 Å². The summed E-state index contributed by atoms with van der Waals surface area (Å²) >= 11 is 3.30. The largest absolute Gasteiger partial charge is 0.796 e. The average molecular weight is 434 g/mol. The molecule has 0 N–H and O–H groups in total. The Kier molecular flexibility index (Phi) is 6.66. The first-order chi connectivity index (χ1) is 13.0. The van der Waals surface area contributed by atoms with E-state index >= 15 is 0 Å². The molecule has 0 atom stereocenters. The fraction of sp³-hybridized carbons (Fsp3) is 0.250. The van der Waals surface area contributed by atoms with Gasteiger partial charge >= 0.3 is 7.47 Å². The van der Waals surface area contributed by atoms with Crippen molar-refractivity contribution < 1.29 is 18.1 Å². The van der Waals surface area contributed by atoms with Gasteiger partial charge in [-0.05, 0) is 67.8 Å². The van der Waals surface area contributed by atoms with Gasteiger partial charge in [-0.3, -0.25) is 4.79 Å². The molecule has 0 radical (unpaired) electrons. The minimum absolute atomic E-state index is 0.136. The Hall–Kier alpha value is -2.15. The Morgan fingerprint density at radius 2 is 1.56 bits per heavy atom. The third-order valence-electron chi connectivity index (χ3n) is 4.48. The van der Waals surface area contributed by atoms with Gasteiger partial charge in [0.15, 0.2) is 5.78 Å². The Labute approximate surface area is 166 Å². The molecule has 3 nitrogen and oxygen atoms in total. The summed E-state index contributed by atoms with van der Waals surface area (Å²) in [4.78, 5) is 14.7. The molecule has 2 aromatic carbocycles. The minimum Gasteiger partial charge on any atom is -0.505 e. The summed E-state index contributed by atoms with van der Waals surface area (Å²) in [6.07, 6.45) is 4.67. The quantitative estimate of drug-likeness (QED) is 0.257. The lowest BCUT2D eigenvalue weighted by molar-refractivity contribution is 0.104. The predicted molar refractivity (Wildman–Crippen MR) is 108 cm³/mol. The number of ketones is 1. The van der Waals surface area contributed by atoms with Crippen LogP contribution in [0.25, 0.3) is 5.76 Å². The lowest BCUT2D eigenvalue weighted by Gasteiger charge is -2.28. The van der Waals surface area contributed by atoms with Crippen LogP contribution in [-0.4, -0.2) is 26.3 Å². The highest BCUT2D eigenvalue weighted by molar-refractivity contribution is 9.10. The van der Waals surface area contributed by atoms with Crippen molar-refractivity contribution in [3.63, 3.8) is 0 Å². The number of hydrogen-bond donors (Lipinski definition) is 0. The molecule has 0 bridgehead atoms. The first-order valence-corrected chi connectivity index (χ1v) is 9.64. The number of carbonyl (C=O) groups excluding carboxylic acids is 1. The molecule has 1 aliphatic rings. The second-order valence-electron chi connectivity index (χ2n) is 6.35. The van der Waals surface area contributed by atoms with Crippen molar-refractivity contribution in [2.75, 3.05) is 18.0 Å². The Morgan fingerprint density at radius 3 is 2.15 bits per heavy atom. The maximum atomic E-state index is 12.9. The number of piperidine rings is 1. The molecule has 0 aliphatic carbocycles. The lowest BCUT2D eigenvalue weighted by atomic mass is 10.1. The third-order valence-corrected chi connectivity index (χ3v) is 5.01. The smallest absolute Gasteiger partial charge is 0.505 e. The molecule has 0 saturated carbocycles. The molecule has 1 heterocycles. The summed E-state index contributed by atoms with van der Waals surface area (Å²) in [5.74, 6) is -0.527. The molecule has 7 heteroatoms. The van der Waals surface area contributed by atoms with E-state index in [9.17, 15) is 13.4 Å². The van der Waals surface area contributed by atoms with Crippen molar-refractivity contribution >= 4 is 40.6 Å². The van der Waals surface area contributed by atoms with Crippen molar-refractivity contribution in [3.05, 3.63) is 70.2 Å². The Balaban J connectivity index is 1.83. The maximum Gasteiger partial charge on any atom is 0.796 e. The molecule has 1 aliphatic heterocycles. The van der Waals surface area contributed by atoms with Crippen LogP contribution < -0.4 is 4.90 Å². The van der Waals surface area contributed by atoms with Crippen molar-refractivity contribution in [1.82, 2.24) is 0 Å². The zero-order valence-corrected chi connectivity index (χ0v) is 16.3. The summed E-state index contributed by atoms with van der Waals surface area (Å²) in [5.41, 5.74) is 1.90. The van der Waals surface area contributed by atoms with E-state index in [1.807, 2.05) is 12.1 Å². The van der Waals surface area contributed by atoms with Gasteiger partial charge in [0.2, 0.25) is 0 Å². The predicted octanol–water partition coefficient (Wildman–Crippen LogP) is 5.60. The van der Waals surface area contributed by atoms with Crippen LogP contribution in [0.4, 0.5) is 14.3 Å². The molecule has 0 unspecified atom stereocenters. The van der Waals surface area contributed by atoms with Gasteiger partial charge in [0.1, 0.15) is 5.76 Å². The summed E-state index contributed by atoms with van der Waals surface area (Å²) in [5, 5.41) is 0. The summed E-state index contributed by atoms with van der Waals surface area (Å²) < 4.78 is 31.2. The highest BCUT2D eigenvalue weighted by Gasteiger charge is 2.21. The van der Waals surface area contributed by atoms with Crippen molar-refractivity contribution in [2.45, 2.75) is 19.3 Å². The number of rotatable bonds is 6. The summed E-state index contributed by atoms with van der Waals surface area (Å²) in [6, 6.07) is 13.9. The molecule has 140 valence electrons. The van der Waals surface area contributed by atoms with Crippen molar-refractivity contribution in [2.24, 2.45) is 0 Å². The molecule has 3 rings (SSSR count). The van der Waals surface area contributed by atoms with Gasteiger partial charge in [0.25, 0.3) is 0 Å². The van der Waals surface area contributed by atoms with E-state index in [2.05, 4.69) is 25.5 Å². The Morgan fingerprint density at radius 1 is 0.963 bits per heavy atom. The lowest BCUT2D eigenvalue weighted by Crippen LogP contribution is -2.29. The van der Waals surface area contributed by atoms with E-state index in [0.29, 0.717) is 11.1 Å². The number of nitrogens with zero attached hydrogens (tertiary/aromatic N) is 1. The van der Waals surface area contributed by atoms with Crippen LogP contribution in [0, 0.1) is 0 Å². The van der Waals surface area contributed by atoms with Crippen LogP contribution in [0.3, 0.4) is 0 Å². The van der Waals surface area contributed by atoms with Gasteiger partial charge < -0.3 is 9.55 Å². The fourth-order valence-electron chi connectivity index (χ4n) is 3.09. The summed E-state index contributed by atoms with van der Waals surface area (Å²) in [6.45, 7) is 2.00. The molecule has 2 aromatic rings. The first kappa shape index (κ1) is 19.6. The summed E-state index contributed by atoms with van der Waals surface area (Å²) in [7, 11) is -3.00.